The van der Waals surface area contributed by atoms with Crippen LogP contribution in [0, 0.1) is 0 Å². The molecule has 0 amide bonds. The molecule has 0 atom stereocenters. The van der Waals surface area contributed by atoms with E-state index in [2.05, 4.69) is 126 Å². The van der Waals surface area contributed by atoms with Crippen LogP contribution in [-0.2, 0) is 0 Å². The quantitative estimate of drug-likeness (QED) is 0.206. The molecule has 5 nitrogen and oxygen atoms in total. The number of hydrogen-bond donors (Lipinski definition) is 0. The van der Waals surface area contributed by atoms with Crippen LogP contribution in [0.2, 0.25) is 0 Å². The lowest BCUT2D eigenvalue weighted by molar-refractivity contribution is 1.01. The van der Waals surface area contributed by atoms with E-state index < -0.39 is 0 Å². The molecule has 0 aliphatic carbocycles. The van der Waals surface area contributed by atoms with Gasteiger partial charge in [0.2, 0.25) is 5.95 Å². The average molecular weight is 550 g/mol. The molecule has 5 heteroatoms. The highest BCUT2D eigenvalue weighted by molar-refractivity contribution is 6.23. The van der Waals surface area contributed by atoms with Gasteiger partial charge in [0.15, 0.2) is 5.82 Å². The molecule has 0 aliphatic rings. The molecule has 3 heterocycles. The maximum absolute atomic E-state index is 5.26. The van der Waals surface area contributed by atoms with Gasteiger partial charge in [-0.05, 0) is 40.1 Å². The Hall–Kier alpha value is -5.94. The Morgan fingerprint density at radius 3 is 1.63 bits per heavy atom. The third-order valence-electron chi connectivity index (χ3n) is 8.30. The Balaban J connectivity index is 1.33. The van der Waals surface area contributed by atoms with Gasteiger partial charge in [0.05, 0.1) is 11.0 Å². The molecular formula is C38H23N5. The second-order valence-electron chi connectivity index (χ2n) is 10.8. The van der Waals surface area contributed by atoms with Gasteiger partial charge in [-0.1, -0.05) is 109 Å². The van der Waals surface area contributed by atoms with Crippen molar-refractivity contribution in [2.75, 3.05) is 0 Å². The van der Waals surface area contributed by atoms with E-state index in [1.54, 1.807) is 0 Å². The standard InChI is InChI=1S/C38H23N5/c1-2-11-24(12-3-1)25-13-10-14-26(21-25)37-39-22-31-27-15-4-5-16-28(27)32-23-40-38(42-36(32)35(31)41-37)43-33-19-8-6-17-29(33)30-18-7-9-20-34(30)43/h1-23H. The summed E-state index contributed by atoms with van der Waals surface area (Å²) < 4.78 is 2.15. The van der Waals surface area contributed by atoms with Crippen molar-refractivity contribution in [3.63, 3.8) is 0 Å². The number of rotatable bonds is 3. The van der Waals surface area contributed by atoms with Crippen LogP contribution < -0.4 is 0 Å². The minimum atomic E-state index is 0.618. The summed E-state index contributed by atoms with van der Waals surface area (Å²) in [4.78, 5) is 20.3. The summed E-state index contributed by atoms with van der Waals surface area (Å²) in [5.74, 6) is 1.28. The molecule has 0 bridgehead atoms. The van der Waals surface area contributed by atoms with Crippen molar-refractivity contribution < 1.29 is 0 Å². The van der Waals surface area contributed by atoms with Crippen molar-refractivity contribution in [3.05, 3.63) is 140 Å². The minimum absolute atomic E-state index is 0.618. The molecule has 0 spiro atoms. The molecule has 0 saturated carbocycles. The molecule has 0 aliphatic heterocycles. The molecule has 0 fully saturated rings. The van der Waals surface area contributed by atoms with Crippen molar-refractivity contribution in [2.24, 2.45) is 0 Å². The van der Waals surface area contributed by atoms with Crippen LogP contribution in [0.5, 0.6) is 0 Å². The number of hydrogen-bond acceptors (Lipinski definition) is 4. The fourth-order valence-electron chi connectivity index (χ4n) is 6.32. The van der Waals surface area contributed by atoms with E-state index in [1.165, 1.54) is 10.8 Å². The molecule has 200 valence electrons. The van der Waals surface area contributed by atoms with Gasteiger partial charge in [-0.3, -0.25) is 4.57 Å². The van der Waals surface area contributed by atoms with E-state index in [9.17, 15) is 0 Å². The van der Waals surface area contributed by atoms with Gasteiger partial charge in [0.25, 0.3) is 0 Å². The summed E-state index contributed by atoms with van der Waals surface area (Å²) in [7, 11) is 0. The summed E-state index contributed by atoms with van der Waals surface area (Å²) in [5, 5.41) is 6.46. The average Bonchev–Trinajstić information content (AvgIpc) is 3.43. The zero-order valence-corrected chi connectivity index (χ0v) is 23.0. The van der Waals surface area contributed by atoms with E-state index in [4.69, 9.17) is 19.9 Å². The molecule has 0 N–H and O–H groups in total. The van der Waals surface area contributed by atoms with Crippen molar-refractivity contribution in [1.29, 1.82) is 0 Å². The van der Waals surface area contributed by atoms with Crippen LogP contribution in [0.25, 0.3) is 82.8 Å². The van der Waals surface area contributed by atoms with Crippen molar-refractivity contribution in [2.45, 2.75) is 0 Å². The maximum atomic E-state index is 5.26. The fraction of sp³-hybridized carbons (Fsp3) is 0. The summed E-state index contributed by atoms with van der Waals surface area (Å²) in [6, 6.07) is 44.0. The summed E-state index contributed by atoms with van der Waals surface area (Å²) >= 11 is 0. The summed E-state index contributed by atoms with van der Waals surface area (Å²) in [5.41, 5.74) is 7.01. The van der Waals surface area contributed by atoms with Crippen LogP contribution in [0.3, 0.4) is 0 Å². The molecule has 0 radical (unpaired) electrons. The predicted octanol–water partition coefficient (Wildman–Crippen LogP) is 9.16. The van der Waals surface area contributed by atoms with Crippen molar-refractivity contribution >= 4 is 54.4 Å². The Kier molecular flexibility index (Phi) is 5.13. The molecule has 9 rings (SSSR count). The van der Waals surface area contributed by atoms with Crippen LogP contribution in [0.1, 0.15) is 0 Å². The van der Waals surface area contributed by atoms with Crippen molar-refractivity contribution in [3.8, 4) is 28.5 Å². The van der Waals surface area contributed by atoms with Gasteiger partial charge in [-0.2, -0.15) is 0 Å². The van der Waals surface area contributed by atoms with Gasteiger partial charge < -0.3 is 0 Å². The van der Waals surface area contributed by atoms with Gasteiger partial charge in [0, 0.05) is 39.5 Å². The van der Waals surface area contributed by atoms with E-state index >= 15 is 0 Å². The van der Waals surface area contributed by atoms with Gasteiger partial charge in [-0.15, -0.1) is 0 Å². The number of aromatic nitrogens is 5. The maximum Gasteiger partial charge on any atom is 0.235 e. The Labute approximate surface area is 246 Å². The largest absolute Gasteiger partial charge is 0.278 e. The van der Waals surface area contributed by atoms with E-state index in [-0.39, 0.29) is 0 Å². The van der Waals surface area contributed by atoms with Crippen molar-refractivity contribution in [1.82, 2.24) is 24.5 Å². The molecule has 3 aromatic heterocycles. The minimum Gasteiger partial charge on any atom is -0.278 e. The van der Waals surface area contributed by atoms with Gasteiger partial charge in [0.1, 0.15) is 11.0 Å². The molecule has 0 saturated heterocycles. The topological polar surface area (TPSA) is 56.5 Å². The summed E-state index contributed by atoms with van der Waals surface area (Å²) in [6.07, 6.45) is 3.89. The molecule has 6 aromatic carbocycles. The number of para-hydroxylation sites is 2. The molecule has 9 aromatic rings. The lowest BCUT2D eigenvalue weighted by Crippen LogP contribution is -2.02. The lowest BCUT2D eigenvalue weighted by atomic mass is 10.0. The highest BCUT2D eigenvalue weighted by Crippen LogP contribution is 2.36. The fourth-order valence-corrected chi connectivity index (χ4v) is 6.32. The number of nitrogens with zero attached hydrogens (tertiary/aromatic N) is 5. The van der Waals surface area contributed by atoms with Crippen LogP contribution in [0.15, 0.2) is 140 Å². The first-order valence-corrected chi connectivity index (χ1v) is 14.3. The lowest BCUT2D eigenvalue weighted by Gasteiger charge is -2.12. The van der Waals surface area contributed by atoms with Crippen LogP contribution >= 0.6 is 0 Å². The van der Waals surface area contributed by atoms with E-state index in [1.807, 2.05) is 18.5 Å². The first-order valence-electron chi connectivity index (χ1n) is 14.3. The van der Waals surface area contributed by atoms with E-state index in [0.29, 0.717) is 11.8 Å². The van der Waals surface area contributed by atoms with Gasteiger partial charge >= 0.3 is 0 Å². The van der Waals surface area contributed by atoms with Crippen LogP contribution in [-0.4, -0.2) is 24.5 Å². The first kappa shape index (κ1) is 23.7. The normalized spacial score (nSPS) is 11.7. The predicted molar refractivity (Wildman–Crippen MR) is 175 cm³/mol. The second-order valence-corrected chi connectivity index (χ2v) is 10.8. The molecule has 0 unspecified atom stereocenters. The smallest absolute Gasteiger partial charge is 0.235 e. The highest BCUT2D eigenvalue weighted by atomic mass is 15.2. The third kappa shape index (κ3) is 3.65. The number of fused-ring (bicyclic) bond motifs is 9. The SMILES string of the molecule is c1ccc(-c2cccc(-c3ncc4c5ccccc5c5cnc(-n6c7ccccc7c7ccccc76)nc5c4n3)c2)cc1. The Bertz CT molecular complexity index is 2460. The number of benzene rings is 6. The Morgan fingerprint density at radius 1 is 0.395 bits per heavy atom. The Morgan fingerprint density at radius 2 is 0.930 bits per heavy atom. The molecular weight excluding hydrogens is 526 g/mol. The van der Waals surface area contributed by atoms with Gasteiger partial charge in [-0.25, -0.2) is 19.9 Å². The van der Waals surface area contributed by atoms with Crippen LogP contribution in [0.4, 0.5) is 0 Å². The third-order valence-corrected chi connectivity index (χ3v) is 8.30. The first-order chi connectivity index (χ1) is 21.3. The van der Waals surface area contributed by atoms with E-state index in [0.717, 1.165) is 60.3 Å². The summed E-state index contributed by atoms with van der Waals surface area (Å²) in [6.45, 7) is 0. The highest BCUT2D eigenvalue weighted by Gasteiger charge is 2.18. The monoisotopic (exact) mass is 549 g/mol. The molecule has 43 heavy (non-hydrogen) atoms. The second kappa shape index (κ2) is 9.29. The zero-order chi connectivity index (χ0) is 28.3. The zero-order valence-electron chi connectivity index (χ0n) is 23.0.